The maximum absolute atomic E-state index is 12.8. The number of benzene rings is 1. The number of carbonyl (C=O) groups excluding carboxylic acids is 1. The Hall–Kier alpha value is -3.23. The molecule has 1 aromatic carbocycles. The first-order chi connectivity index (χ1) is 13.5. The predicted molar refractivity (Wildman–Crippen MR) is 109 cm³/mol. The molecule has 0 unspecified atom stereocenters. The summed E-state index contributed by atoms with van der Waals surface area (Å²) < 4.78 is 0. The molecule has 0 saturated carbocycles. The number of rotatable bonds is 4. The van der Waals surface area contributed by atoms with Crippen molar-refractivity contribution in [2.75, 3.05) is 36.8 Å². The van der Waals surface area contributed by atoms with Crippen LogP contribution in [0.5, 0.6) is 0 Å². The van der Waals surface area contributed by atoms with Crippen LogP contribution in [0.2, 0.25) is 0 Å². The minimum atomic E-state index is -0.407. The number of pyridine rings is 1. The minimum absolute atomic E-state index is 0.00586. The molecule has 0 bridgehead atoms. The average molecular weight is 392 g/mol. The van der Waals surface area contributed by atoms with Crippen molar-refractivity contribution >= 4 is 29.2 Å². The molecular weight excluding hydrogens is 372 g/mol. The van der Waals surface area contributed by atoms with Gasteiger partial charge in [0.05, 0.1) is 16.4 Å². The summed E-state index contributed by atoms with van der Waals surface area (Å²) in [6, 6.07) is 15.5. The first-order valence-corrected chi connectivity index (χ1v) is 9.77. The van der Waals surface area contributed by atoms with Gasteiger partial charge < -0.3 is 15.5 Å². The van der Waals surface area contributed by atoms with Crippen LogP contribution in [0.15, 0.2) is 41.4 Å². The molecule has 1 atom stereocenters. The van der Waals surface area contributed by atoms with Gasteiger partial charge in [0.25, 0.3) is 0 Å². The van der Waals surface area contributed by atoms with E-state index in [9.17, 15) is 10.1 Å². The number of nitrogen functional groups attached to an aromatic ring is 1. The Balaban J connectivity index is 1.64. The number of thioether (sulfide) groups is 1. The van der Waals surface area contributed by atoms with Gasteiger partial charge in [-0.05, 0) is 25.1 Å². The first-order valence-electron chi connectivity index (χ1n) is 8.89. The normalized spacial score (nSPS) is 14.8. The van der Waals surface area contributed by atoms with E-state index >= 15 is 0 Å². The Morgan fingerprint density at radius 3 is 2.39 bits per heavy atom. The van der Waals surface area contributed by atoms with E-state index in [-0.39, 0.29) is 22.9 Å². The molecule has 1 aromatic heterocycles. The van der Waals surface area contributed by atoms with Gasteiger partial charge >= 0.3 is 0 Å². The number of amides is 1. The molecule has 3 rings (SSSR count). The number of nitriles is 2. The lowest BCUT2D eigenvalue weighted by Gasteiger charge is -2.37. The molecule has 1 aliphatic heterocycles. The molecule has 0 radical (unpaired) electrons. The van der Waals surface area contributed by atoms with Crippen molar-refractivity contribution in [3.8, 4) is 12.1 Å². The number of anilines is 2. The Bertz CT molecular complexity index is 942. The first kappa shape index (κ1) is 19.5. The van der Waals surface area contributed by atoms with Crippen LogP contribution >= 0.6 is 11.8 Å². The SMILES string of the molecule is C[C@H](Sc1nc(N)c(C#N)cc1C#N)C(=O)N1CCN(c2ccccc2)CC1. The summed E-state index contributed by atoms with van der Waals surface area (Å²) in [5, 5.41) is 18.3. The van der Waals surface area contributed by atoms with Crippen LogP contribution in [-0.2, 0) is 4.79 Å². The van der Waals surface area contributed by atoms with Crippen LogP contribution in [0.4, 0.5) is 11.5 Å². The van der Waals surface area contributed by atoms with Crippen molar-refractivity contribution in [1.82, 2.24) is 9.88 Å². The van der Waals surface area contributed by atoms with Crippen molar-refractivity contribution in [1.29, 1.82) is 10.5 Å². The highest BCUT2D eigenvalue weighted by Crippen LogP contribution is 2.28. The average Bonchev–Trinajstić information content (AvgIpc) is 2.74. The molecule has 1 fully saturated rings. The van der Waals surface area contributed by atoms with E-state index in [0.717, 1.165) is 18.8 Å². The third kappa shape index (κ3) is 4.19. The van der Waals surface area contributed by atoms with Gasteiger partial charge in [-0.1, -0.05) is 30.0 Å². The summed E-state index contributed by atoms with van der Waals surface area (Å²) in [7, 11) is 0. The van der Waals surface area contributed by atoms with Gasteiger partial charge in [0.2, 0.25) is 5.91 Å². The Morgan fingerprint density at radius 1 is 1.14 bits per heavy atom. The number of para-hydroxylation sites is 1. The Kier molecular flexibility index (Phi) is 6.03. The molecule has 28 heavy (non-hydrogen) atoms. The van der Waals surface area contributed by atoms with Gasteiger partial charge in [0, 0.05) is 31.9 Å². The molecular formula is C20H20N6OS. The van der Waals surface area contributed by atoms with Gasteiger partial charge in [-0.15, -0.1) is 0 Å². The van der Waals surface area contributed by atoms with E-state index in [1.165, 1.54) is 17.8 Å². The minimum Gasteiger partial charge on any atom is -0.383 e. The third-order valence-electron chi connectivity index (χ3n) is 4.61. The van der Waals surface area contributed by atoms with Gasteiger partial charge in [-0.3, -0.25) is 4.79 Å². The number of nitrogens with two attached hydrogens (primary N) is 1. The number of hydrogen-bond donors (Lipinski definition) is 1. The van der Waals surface area contributed by atoms with E-state index in [4.69, 9.17) is 11.0 Å². The van der Waals surface area contributed by atoms with E-state index in [1.54, 1.807) is 6.92 Å². The number of hydrogen-bond acceptors (Lipinski definition) is 7. The molecule has 1 amide bonds. The van der Waals surface area contributed by atoms with Crippen LogP contribution in [-0.4, -0.2) is 47.2 Å². The highest BCUT2D eigenvalue weighted by atomic mass is 32.2. The monoisotopic (exact) mass is 392 g/mol. The Labute approximate surface area is 168 Å². The second-order valence-electron chi connectivity index (χ2n) is 6.41. The maximum atomic E-state index is 12.8. The standard InChI is InChI=1S/C20H20N6OS/c1-14(28-19-16(13-22)11-15(12-21)18(23)24-19)20(27)26-9-7-25(8-10-26)17-5-3-2-4-6-17/h2-6,11,14H,7-10H2,1H3,(H2,23,24)/t14-/m0/s1. The maximum Gasteiger partial charge on any atom is 0.235 e. The molecule has 7 nitrogen and oxygen atoms in total. The third-order valence-corrected chi connectivity index (χ3v) is 5.70. The second kappa shape index (κ2) is 8.64. The topological polar surface area (TPSA) is 110 Å². The lowest BCUT2D eigenvalue weighted by Crippen LogP contribution is -2.50. The lowest BCUT2D eigenvalue weighted by molar-refractivity contribution is -0.130. The highest BCUT2D eigenvalue weighted by molar-refractivity contribution is 8.00. The van der Waals surface area contributed by atoms with Crippen LogP contribution in [0.25, 0.3) is 0 Å². The fraction of sp³-hybridized carbons (Fsp3) is 0.300. The molecule has 142 valence electrons. The van der Waals surface area contributed by atoms with Gasteiger partial charge in [0.15, 0.2) is 0 Å². The molecule has 8 heteroatoms. The summed E-state index contributed by atoms with van der Waals surface area (Å²) >= 11 is 1.20. The van der Waals surface area contributed by atoms with Crippen molar-refractivity contribution in [3.63, 3.8) is 0 Å². The van der Waals surface area contributed by atoms with E-state index in [2.05, 4.69) is 22.0 Å². The van der Waals surface area contributed by atoms with Crippen molar-refractivity contribution in [2.24, 2.45) is 0 Å². The van der Waals surface area contributed by atoms with Gasteiger partial charge in [-0.2, -0.15) is 10.5 Å². The zero-order valence-corrected chi connectivity index (χ0v) is 16.3. The van der Waals surface area contributed by atoms with Crippen LogP contribution < -0.4 is 10.6 Å². The van der Waals surface area contributed by atoms with Crippen LogP contribution in [0, 0.1) is 22.7 Å². The second-order valence-corrected chi connectivity index (χ2v) is 7.73. The predicted octanol–water partition coefficient (Wildman–Crippen LogP) is 2.24. The van der Waals surface area contributed by atoms with E-state index in [1.807, 2.05) is 35.2 Å². The van der Waals surface area contributed by atoms with Crippen molar-refractivity contribution < 1.29 is 4.79 Å². The Morgan fingerprint density at radius 2 is 1.79 bits per heavy atom. The zero-order valence-electron chi connectivity index (χ0n) is 15.5. The van der Waals surface area contributed by atoms with E-state index < -0.39 is 5.25 Å². The molecule has 1 aliphatic rings. The number of carbonyl (C=O) groups is 1. The summed E-state index contributed by atoms with van der Waals surface area (Å²) in [6.45, 7) is 4.64. The quantitative estimate of drug-likeness (QED) is 0.795. The number of aromatic nitrogens is 1. The highest BCUT2D eigenvalue weighted by Gasteiger charge is 2.27. The number of nitrogens with zero attached hydrogens (tertiary/aromatic N) is 5. The van der Waals surface area contributed by atoms with Crippen LogP contribution in [0.1, 0.15) is 18.1 Å². The molecule has 2 aromatic rings. The number of piperazine rings is 1. The molecule has 2 N–H and O–H groups in total. The smallest absolute Gasteiger partial charge is 0.235 e. The van der Waals surface area contributed by atoms with Crippen molar-refractivity contribution in [2.45, 2.75) is 17.2 Å². The zero-order chi connectivity index (χ0) is 20.1. The summed E-state index contributed by atoms with van der Waals surface area (Å²) in [6.07, 6.45) is 0. The molecule has 1 saturated heterocycles. The fourth-order valence-corrected chi connectivity index (χ4v) is 4.04. The largest absolute Gasteiger partial charge is 0.383 e. The van der Waals surface area contributed by atoms with Crippen molar-refractivity contribution in [3.05, 3.63) is 47.5 Å². The molecule has 0 spiro atoms. The summed E-state index contributed by atoms with van der Waals surface area (Å²) in [4.78, 5) is 21.1. The lowest BCUT2D eigenvalue weighted by atomic mass is 10.2. The van der Waals surface area contributed by atoms with Gasteiger partial charge in [0.1, 0.15) is 23.0 Å². The van der Waals surface area contributed by atoms with E-state index in [0.29, 0.717) is 18.1 Å². The molecule has 2 heterocycles. The molecule has 0 aliphatic carbocycles. The summed E-state index contributed by atoms with van der Waals surface area (Å²) in [5.74, 6) is 0.0754. The van der Waals surface area contributed by atoms with Crippen LogP contribution in [0.3, 0.4) is 0 Å². The fourth-order valence-electron chi connectivity index (χ4n) is 3.07. The summed E-state index contributed by atoms with van der Waals surface area (Å²) in [5.41, 5.74) is 7.34. The van der Waals surface area contributed by atoms with Gasteiger partial charge in [-0.25, -0.2) is 4.98 Å².